The molecule has 8 rings (SSSR count). The third kappa shape index (κ3) is 5.08. The Hall–Kier alpha value is -4.27. The molecule has 0 bridgehead atoms. The van der Waals surface area contributed by atoms with Crippen LogP contribution in [0.3, 0.4) is 0 Å². The summed E-state index contributed by atoms with van der Waals surface area (Å²) in [5.41, 5.74) is 18.0. The first-order valence-electron chi connectivity index (χ1n) is 17.8. The van der Waals surface area contributed by atoms with Gasteiger partial charge in [0.15, 0.2) is 18.2 Å². The summed E-state index contributed by atoms with van der Waals surface area (Å²) in [5.74, 6) is 0.959. The van der Waals surface area contributed by atoms with Crippen molar-refractivity contribution in [3.05, 3.63) is 100 Å². The van der Waals surface area contributed by atoms with E-state index in [1.54, 1.807) is 11.6 Å². The van der Waals surface area contributed by atoms with Crippen molar-refractivity contribution < 1.29 is 19.7 Å². The molecule has 6 N–H and O–H groups in total. The minimum absolute atomic E-state index is 0.0577. The summed E-state index contributed by atoms with van der Waals surface area (Å²) in [4.78, 5) is 16.1. The zero-order valence-electron chi connectivity index (χ0n) is 27.7. The third-order valence-corrected chi connectivity index (χ3v) is 11.4. The van der Waals surface area contributed by atoms with Crippen LogP contribution in [0.25, 0.3) is 16.5 Å². The van der Waals surface area contributed by atoms with Crippen molar-refractivity contribution in [2.24, 2.45) is 11.7 Å². The standard InChI is InChI=1S/C40H46N4O4/c1-2-3-4-7-25(45)19-26(46)13-11-24-12-16-35(47)36(18-24)48-23-44-21-29-32(20-42-34(29)22-44)40-17-6-10-30(40)27-14-15-33-38(27)37-28(39(41)43-33)8-5-9-31(37)40/h5,8-9,12,15-16,18,20-22,25,30,39,42-43,45,47H,2-4,6-7,10-11,13-14,17,19,23,41H2,1H3. The molecule has 3 heterocycles. The number of nitrogens with zero attached hydrogens (tertiary/aromatic N) is 1. The van der Waals surface area contributed by atoms with Gasteiger partial charge in [0.05, 0.1) is 11.6 Å². The highest BCUT2D eigenvalue weighted by atomic mass is 16.5. The topological polar surface area (TPSA) is 126 Å². The number of nitrogens with one attached hydrogen (secondary N) is 2. The van der Waals surface area contributed by atoms with Crippen molar-refractivity contribution in [1.29, 1.82) is 0 Å². The molecule has 0 saturated heterocycles. The number of aromatic amines is 1. The number of ketones is 1. The van der Waals surface area contributed by atoms with Gasteiger partial charge in [-0.15, -0.1) is 0 Å². The van der Waals surface area contributed by atoms with E-state index in [9.17, 15) is 15.0 Å². The molecule has 0 amide bonds. The number of ether oxygens (including phenoxy) is 1. The smallest absolute Gasteiger partial charge is 0.165 e. The molecule has 4 aromatic rings. The zero-order valence-corrected chi connectivity index (χ0v) is 27.7. The van der Waals surface area contributed by atoms with Crippen LogP contribution in [0.1, 0.15) is 105 Å². The second kappa shape index (κ2) is 12.3. The van der Waals surface area contributed by atoms with Gasteiger partial charge in [-0.25, -0.2) is 0 Å². The fourth-order valence-electron chi connectivity index (χ4n) is 9.19. The van der Waals surface area contributed by atoms with E-state index in [0.29, 0.717) is 30.9 Å². The Bertz CT molecular complexity index is 1950. The number of carbonyl (C=O) groups excluding carboxylic acids is 1. The lowest BCUT2D eigenvalue weighted by molar-refractivity contribution is -0.121. The molecule has 0 radical (unpaired) electrons. The van der Waals surface area contributed by atoms with Crippen LogP contribution in [-0.4, -0.2) is 31.7 Å². The van der Waals surface area contributed by atoms with Crippen molar-refractivity contribution in [2.75, 3.05) is 0 Å². The fraction of sp³-hybridized carbons (Fsp3) is 0.425. The lowest BCUT2D eigenvalue weighted by Crippen LogP contribution is -2.41. The van der Waals surface area contributed by atoms with E-state index in [1.165, 1.54) is 51.8 Å². The molecule has 1 fully saturated rings. The van der Waals surface area contributed by atoms with Gasteiger partial charge in [-0.1, -0.05) is 68.5 Å². The second-order valence-electron chi connectivity index (χ2n) is 14.3. The number of aromatic nitrogens is 2. The highest BCUT2D eigenvalue weighted by Crippen LogP contribution is 2.63. The molecule has 1 saturated carbocycles. The number of aryl methyl sites for hydroxylation is 1. The summed E-state index contributed by atoms with van der Waals surface area (Å²) in [6.45, 7) is 2.37. The van der Waals surface area contributed by atoms with E-state index in [4.69, 9.17) is 10.5 Å². The highest BCUT2D eigenvalue weighted by Gasteiger charge is 2.54. The first-order chi connectivity index (χ1) is 23.4. The first kappa shape index (κ1) is 31.0. The molecule has 250 valence electrons. The number of aromatic hydroxyl groups is 1. The number of aliphatic hydroxyl groups excluding tert-OH is 1. The van der Waals surface area contributed by atoms with Crippen LogP contribution in [0.15, 0.2) is 72.3 Å². The second-order valence-corrected chi connectivity index (χ2v) is 14.3. The number of hydrogen-bond donors (Lipinski definition) is 5. The van der Waals surface area contributed by atoms with Crippen LogP contribution >= 0.6 is 0 Å². The molecular weight excluding hydrogens is 600 g/mol. The summed E-state index contributed by atoms with van der Waals surface area (Å²) in [6, 6.07) is 12.0. The van der Waals surface area contributed by atoms with Gasteiger partial charge in [0.1, 0.15) is 11.9 Å². The maximum atomic E-state index is 12.5. The number of hydrogen-bond acceptors (Lipinski definition) is 6. The van der Waals surface area contributed by atoms with Crippen molar-refractivity contribution in [3.63, 3.8) is 0 Å². The molecule has 2 aromatic carbocycles. The maximum Gasteiger partial charge on any atom is 0.165 e. The number of aliphatic hydroxyl groups is 1. The van der Waals surface area contributed by atoms with Crippen molar-refractivity contribution in [3.8, 4) is 11.5 Å². The third-order valence-electron chi connectivity index (χ3n) is 11.4. The molecule has 0 spiro atoms. The predicted molar refractivity (Wildman–Crippen MR) is 187 cm³/mol. The number of unbranched alkanes of at least 4 members (excludes halogenated alkanes) is 2. The van der Waals surface area contributed by atoms with E-state index >= 15 is 0 Å². The van der Waals surface area contributed by atoms with Gasteiger partial charge in [0, 0.05) is 53.5 Å². The van der Waals surface area contributed by atoms with E-state index in [2.05, 4.69) is 60.1 Å². The van der Waals surface area contributed by atoms with Crippen molar-refractivity contribution >= 4 is 22.3 Å². The number of nitrogens with two attached hydrogens (primary N) is 1. The van der Waals surface area contributed by atoms with Crippen LogP contribution in [-0.2, 0) is 23.4 Å². The summed E-state index contributed by atoms with van der Waals surface area (Å²) >= 11 is 0. The molecule has 1 aliphatic heterocycles. The monoisotopic (exact) mass is 646 g/mol. The summed E-state index contributed by atoms with van der Waals surface area (Å²) in [6.07, 6.45) is 17.3. The lowest BCUT2D eigenvalue weighted by Gasteiger charge is -2.45. The number of phenols is 1. The molecule has 48 heavy (non-hydrogen) atoms. The Labute approximate surface area is 281 Å². The molecule has 4 aliphatic rings. The van der Waals surface area contributed by atoms with E-state index < -0.39 is 6.10 Å². The minimum atomic E-state index is -0.566. The molecule has 2 aromatic heterocycles. The van der Waals surface area contributed by atoms with Gasteiger partial charge in [0.25, 0.3) is 0 Å². The van der Waals surface area contributed by atoms with Crippen molar-refractivity contribution in [2.45, 2.75) is 102 Å². The number of carbonyl (C=O) groups is 1. The van der Waals surface area contributed by atoms with E-state index in [1.807, 2.05) is 16.7 Å². The largest absolute Gasteiger partial charge is 0.504 e. The summed E-state index contributed by atoms with van der Waals surface area (Å²) in [7, 11) is 0. The molecule has 8 heteroatoms. The van der Waals surface area contributed by atoms with Gasteiger partial charge < -0.3 is 35.6 Å². The fourth-order valence-corrected chi connectivity index (χ4v) is 9.19. The Morgan fingerprint density at radius 1 is 1.19 bits per heavy atom. The molecule has 4 atom stereocenters. The van der Waals surface area contributed by atoms with Crippen molar-refractivity contribution in [1.82, 2.24) is 14.9 Å². The number of benzene rings is 2. The average Bonchev–Trinajstić information content (AvgIpc) is 3.87. The van der Waals surface area contributed by atoms with Crippen LogP contribution in [0.2, 0.25) is 0 Å². The number of phenolic OH excluding ortho intramolecular Hbond substituents is 1. The van der Waals surface area contributed by atoms with Gasteiger partial charge in [-0.05, 0) is 78.0 Å². The molecule has 8 nitrogen and oxygen atoms in total. The number of H-pyrrole nitrogens is 1. The van der Waals surface area contributed by atoms with Crippen LogP contribution in [0.5, 0.6) is 11.5 Å². The van der Waals surface area contributed by atoms with Crippen LogP contribution in [0, 0.1) is 5.92 Å². The maximum absolute atomic E-state index is 12.5. The Morgan fingerprint density at radius 2 is 2.08 bits per heavy atom. The van der Waals surface area contributed by atoms with Gasteiger partial charge >= 0.3 is 0 Å². The molecule has 4 unspecified atom stereocenters. The predicted octanol–water partition coefficient (Wildman–Crippen LogP) is 7.25. The zero-order chi connectivity index (χ0) is 33.0. The highest BCUT2D eigenvalue weighted by molar-refractivity contribution is 5.94. The van der Waals surface area contributed by atoms with Gasteiger partial charge in [-0.3, -0.25) is 4.79 Å². The Kier molecular flexibility index (Phi) is 7.96. The number of Topliss-reactive ketones (excluding diaryl/α,β-unsaturated/α-hetero) is 1. The van der Waals surface area contributed by atoms with Crippen LogP contribution in [0.4, 0.5) is 0 Å². The summed E-state index contributed by atoms with van der Waals surface area (Å²) in [5, 5.41) is 25.6. The quantitative estimate of drug-likeness (QED) is 0.0975. The minimum Gasteiger partial charge on any atom is -0.504 e. The average molecular weight is 647 g/mol. The normalized spacial score (nSPS) is 22.8. The Morgan fingerprint density at radius 3 is 2.96 bits per heavy atom. The van der Waals surface area contributed by atoms with Crippen LogP contribution < -0.4 is 15.8 Å². The molecule has 3 aliphatic carbocycles. The number of fused-ring (bicyclic) bond motifs is 4. The first-order valence-corrected chi connectivity index (χ1v) is 17.8. The molecular formula is C40H46N4O4. The SMILES string of the molecule is CCCCCC(O)CC(=O)CCc1ccc(O)c(OCn2cc3[nH]cc(C45CCCC4C4=C6C(=CC4)NC(N)c4cccc5c46)c3c2)c1. The van der Waals surface area contributed by atoms with E-state index in [-0.39, 0.29) is 36.3 Å². The van der Waals surface area contributed by atoms with E-state index in [0.717, 1.165) is 43.2 Å². The number of rotatable bonds is 13. The Balaban J connectivity index is 1.01. The lowest BCUT2D eigenvalue weighted by atomic mass is 9.58. The number of allylic oxidation sites excluding steroid dienone is 3. The van der Waals surface area contributed by atoms with Gasteiger partial charge in [0.2, 0.25) is 0 Å². The van der Waals surface area contributed by atoms with Gasteiger partial charge in [-0.2, -0.15) is 0 Å². The summed E-state index contributed by atoms with van der Waals surface area (Å²) < 4.78 is 8.19.